The zero-order chi connectivity index (χ0) is 20.6. The van der Waals surface area contributed by atoms with E-state index in [1.54, 1.807) is 19.9 Å². The van der Waals surface area contributed by atoms with Crippen molar-refractivity contribution >= 4 is 16.9 Å². The van der Waals surface area contributed by atoms with E-state index >= 15 is 0 Å². The molecule has 28 heavy (non-hydrogen) atoms. The molecule has 2 aromatic rings. The van der Waals surface area contributed by atoms with Gasteiger partial charge >= 0.3 is 6.18 Å². The fraction of sp³-hybridized carbons (Fsp3) is 0.550. The molecule has 0 bridgehead atoms. The minimum atomic E-state index is -4.90. The van der Waals surface area contributed by atoms with Gasteiger partial charge in [-0.2, -0.15) is 13.2 Å². The number of aromatic nitrogens is 2. The number of nitrogens with one attached hydrogen (secondary N) is 1. The second-order valence-corrected chi connectivity index (χ2v) is 7.58. The lowest BCUT2D eigenvalue weighted by Crippen LogP contribution is -2.43. The molecule has 0 unspecified atom stereocenters. The molecule has 8 heteroatoms. The number of fused-ring (bicyclic) bond motifs is 1. The number of hydrogen-bond donors (Lipinski definition) is 1. The molecular weight excluding hydrogens is 371 g/mol. The highest BCUT2D eigenvalue weighted by molar-refractivity contribution is 5.84. The number of rotatable bonds is 3. The third kappa shape index (κ3) is 3.91. The van der Waals surface area contributed by atoms with Crippen molar-refractivity contribution in [3.05, 3.63) is 39.3 Å². The average Bonchev–Trinajstić information content (AvgIpc) is 2.62. The largest absolute Gasteiger partial charge is 0.438 e. The number of amides is 1. The molecule has 3 rings (SSSR count). The molecule has 1 N–H and O–H groups in total. The van der Waals surface area contributed by atoms with Crippen LogP contribution in [-0.2, 0) is 11.0 Å². The summed E-state index contributed by atoms with van der Waals surface area (Å²) in [5.74, 6) is -0.451. The molecule has 1 amide bonds. The first kappa shape index (κ1) is 20.4. The van der Waals surface area contributed by atoms with E-state index in [9.17, 15) is 22.8 Å². The van der Waals surface area contributed by atoms with E-state index in [4.69, 9.17) is 0 Å². The SMILES string of the molecule is Cc1cc2nc(C(F)(F)F)c(=O)n([C@H](C)C(=O)NC3CCCCC3)c2cc1C. The van der Waals surface area contributed by atoms with Crippen molar-refractivity contribution in [2.24, 2.45) is 0 Å². The number of carbonyl (C=O) groups excluding carboxylic acids is 1. The minimum Gasteiger partial charge on any atom is -0.352 e. The molecule has 1 aromatic carbocycles. The van der Waals surface area contributed by atoms with Gasteiger partial charge in [-0.15, -0.1) is 0 Å². The maximum Gasteiger partial charge on any atom is 0.438 e. The van der Waals surface area contributed by atoms with Gasteiger partial charge in [0.1, 0.15) is 6.04 Å². The molecule has 5 nitrogen and oxygen atoms in total. The predicted octanol–water partition coefficient (Wildman–Crippen LogP) is 4.04. The highest BCUT2D eigenvalue weighted by Gasteiger charge is 2.38. The third-order valence-electron chi connectivity index (χ3n) is 5.49. The molecule has 1 heterocycles. The molecule has 0 saturated heterocycles. The van der Waals surface area contributed by atoms with Crippen LogP contribution in [0.1, 0.15) is 61.9 Å². The summed E-state index contributed by atoms with van der Waals surface area (Å²) in [4.78, 5) is 29.0. The van der Waals surface area contributed by atoms with Gasteiger partial charge in [0.2, 0.25) is 11.6 Å². The van der Waals surface area contributed by atoms with Crippen molar-refractivity contribution in [3.8, 4) is 0 Å². The highest BCUT2D eigenvalue weighted by atomic mass is 19.4. The first-order valence-corrected chi connectivity index (χ1v) is 9.50. The molecule has 152 valence electrons. The molecular formula is C20H24F3N3O2. The van der Waals surface area contributed by atoms with Crippen LogP contribution >= 0.6 is 0 Å². The molecule has 0 radical (unpaired) electrons. The van der Waals surface area contributed by atoms with E-state index in [1.165, 1.54) is 13.0 Å². The normalized spacial score (nSPS) is 16.9. The van der Waals surface area contributed by atoms with Gasteiger partial charge in [-0.3, -0.25) is 14.2 Å². The maximum absolute atomic E-state index is 13.4. The zero-order valence-corrected chi connectivity index (χ0v) is 16.2. The predicted molar refractivity (Wildman–Crippen MR) is 100 cm³/mol. The molecule has 0 spiro atoms. The van der Waals surface area contributed by atoms with E-state index in [2.05, 4.69) is 10.3 Å². The van der Waals surface area contributed by atoms with E-state index in [0.29, 0.717) is 0 Å². The van der Waals surface area contributed by atoms with Gasteiger partial charge in [0, 0.05) is 6.04 Å². The van der Waals surface area contributed by atoms with Gasteiger partial charge in [0.25, 0.3) is 5.56 Å². The second-order valence-electron chi connectivity index (χ2n) is 7.58. The Kier molecular flexibility index (Phi) is 5.50. The van der Waals surface area contributed by atoms with Crippen LogP contribution in [-0.4, -0.2) is 21.5 Å². The van der Waals surface area contributed by atoms with Crippen molar-refractivity contribution in [2.75, 3.05) is 0 Å². The van der Waals surface area contributed by atoms with Crippen molar-refractivity contribution in [1.82, 2.24) is 14.9 Å². The number of halogens is 3. The monoisotopic (exact) mass is 395 g/mol. The standard InChI is InChI=1S/C20H24F3N3O2/c1-11-9-15-16(10-12(11)2)26(19(28)17(25-15)20(21,22)23)13(3)18(27)24-14-7-5-4-6-8-14/h9-10,13-14H,4-8H2,1-3H3,(H,24,27)/t13-/m1/s1. The van der Waals surface area contributed by atoms with Crippen LogP contribution in [0.25, 0.3) is 11.0 Å². The number of aryl methyl sites for hydroxylation is 2. The van der Waals surface area contributed by atoms with Gasteiger partial charge in [-0.25, -0.2) is 4.98 Å². The third-order valence-corrected chi connectivity index (χ3v) is 5.49. The van der Waals surface area contributed by atoms with Crippen LogP contribution in [0, 0.1) is 13.8 Å². The summed E-state index contributed by atoms with van der Waals surface area (Å²) < 4.78 is 41.1. The Labute approximate surface area is 161 Å². The van der Waals surface area contributed by atoms with Gasteiger partial charge < -0.3 is 5.32 Å². The van der Waals surface area contributed by atoms with Gasteiger partial charge in [-0.05, 0) is 56.9 Å². The molecule has 1 fully saturated rings. The first-order chi connectivity index (χ1) is 13.1. The van der Waals surface area contributed by atoms with Crippen molar-refractivity contribution < 1.29 is 18.0 Å². The Morgan fingerprint density at radius 2 is 1.79 bits per heavy atom. The van der Waals surface area contributed by atoms with Gasteiger partial charge in [0.15, 0.2) is 0 Å². The number of hydrogen-bond acceptors (Lipinski definition) is 3. The van der Waals surface area contributed by atoms with Crippen LogP contribution in [0.4, 0.5) is 13.2 Å². The lowest BCUT2D eigenvalue weighted by molar-refractivity contribution is -0.142. The topological polar surface area (TPSA) is 64.0 Å². The van der Waals surface area contributed by atoms with E-state index < -0.39 is 29.4 Å². The van der Waals surface area contributed by atoms with E-state index in [-0.39, 0.29) is 17.1 Å². The second kappa shape index (κ2) is 7.56. The molecule has 1 aromatic heterocycles. The summed E-state index contributed by atoms with van der Waals surface area (Å²) in [6.07, 6.45) is -0.0786. The molecule has 1 atom stereocenters. The Bertz CT molecular complexity index is 960. The first-order valence-electron chi connectivity index (χ1n) is 9.50. The summed E-state index contributed by atoms with van der Waals surface area (Å²) in [5.41, 5.74) is -0.949. The lowest BCUT2D eigenvalue weighted by atomic mass is 9.95. The molecule has 1 saturated carbocycles. The van der Waals surface area contributed by atoms with Crippen LogP contribution in [0.2, 0.25) is 0 Å². The van der Waals surface area contributed by atoms with Gasteiger partial charge in [0.05, 0.1) is 11.0 Å². The quantitative estimate of drug-likeness (QED) is 0.853. The summed E-state index contributed by atoms with van der Waals surface area (Å²) in [7, 11) is 0. The molecule has 1 aliphatic carbocycles. The number of nitrogens with zero attached hydrogens (tertiary/aromatic N) is 2. The number of alkyl halides is 3. The van der Waals surface area contributed by atoms with Crippen LogP contribution in [0.3, 0.4) is 0 Å². The number of benzene rings is 1. The summed E-state index contributed by atoms with van der Waals surface area (Å²) in [6.45, 7) is 5.01. The summed E-state index contributed by atoms with van der Waals surface area (Å²) in [5, 5.41) is 2.89. The fourth-order valence-corrected chi connectivity index (χ4v) is 3.72. The molecule has 0 aliphatic heterocycles. The highest BCUT2D eigenvalue weighted by Crippen LogP contribution is 2.28. The van der Waals surface area contributed by atoms with Crippen LogP contribution in [0.15, 0.2) is 16.9 Å². The number of carbonyl (C=O) groups is 1. The lowest BCUT2D eigenvalue weighted by Gasteiger charge is -2.26. The Morgan fingerprint density at radius 3 is 2.39 bits per heavy atom. The minimum absolute atomic E-state index is 0.00132. The van der Waals surface area contributed by atoms with Crippen LogP contribution in [0.5, 0.6) is 0 Å². The Morgan fingerprint density at radius 1 is 1.18 bits per heavy atom. The Balaban J connectivity index is 2.11. The van der Waals surface area contributed by atoms with Gasteiger partial charge in [-0.1, -0.05) is 19.3 Å². The van der Waals surface area contributed by atoms with E-state index in [1.807, 2.05) is 0 Å². The summed E-state index contributed by atoms with van der Waals surface area (Å²) in [6, 6.07) is 2.05. The zero-order valence-electron chi connectivity index (χ0n) is 16.2. The van der Waals surface area contributed by atoms with Crippen LogP contribution < -0.4 is 10.9 Å². The van der Waals surface area contributed by atoms with Crippen molar-refractivity contribution in [3.63, 3.8) is 0 Å². The van der Waals surface area contributed by atoms with Crippen molar-refractivity contribution in [2.45, 2.75) is 71.1 Å². The smallest absolute Gasteiger partial charge is 0.352 e. The van der Waals surface area contributed by atoms with E-state index in [0.717, 1.165) is 47.8 Å². The van der Waals surface area contributed by atoms with Crippen molar-refractivity contribution in [1.29, 1.82) is 0 Å². The average molecular weight is 395 g/mol. The summed E-state index contributed by atoms with van der Waals surface area (Å²) >= 11 is 0. The Hall–Kier alpha value is -2.38. The molecule has 1 aliphatic rings. The fourth-order valence-electron chi connectivity index (χ4n) is 3.72. The maximum atomic E-state index is 13.4.